The van der Waals surface area contributed by atoms with Crippen LogP contribution < -0.4 is 5.73 Å². The Morgan fingerprint density at radius 1 is 1.44 bits per heavy atom. The van der Waals surface area contributed by atoms with Crippen molar-refractivity contribution in [2.75, 3.05) is 5.73 Å². The van der Waals surface area contributed by atoms with Gasteiger partial charge in [-0.1, -0.05) is 0 Å². The molecule has 0 saturated heterocycles. The molecule has 0 bridgehead atoms. The van der Waals surface area contributed by atoms with Crippen LogP contribution in [-0.4, -0.2) is 25.2 Å². The number of anilines is 1. The van der Waals surface area contributed by atoms with Crippen LogP contribution >= 0.6 is 11.8 Å². The summed E-state index contributed by atoms with van der Waals surface area (Å²) in [5.41, 5.74) is 5.61. The van der Waals surface area contributed by atoms with E-state index < -0.39 is 0 Å². The lowest BCUT2D eigenvalue weighted by molar-refractivity contribution is 0.565. The third kappa shape index (κ3) is 1.85. The molecule has 0 spiro atoms. The molecule has 16 heavy (non-hydrogen) atoms. The topological polar surface area (TPSA) is 82.5 Å². The number of aromatic nitrogens is 5. The lowest BCUT2D eigenvalue weighted by Crippen LogP contribution is -1.98. The second-order valence-corrected chi connectivity index (χ2v) is 4.70. The van der Waals surface area contributed by atoms with Crippen molar-refractivity contribution in [1.82, 2.24) is 25.2 Å². The molecule has 7 heteroatoms. The minimum Gasteiger partial charge on any atom is -0.384 e. The normalized spacial score (nSPS) is 15.2. The highest BCUT2D eigenvalue weighted by Crippen LogP contribution is 2.37. The fraction of sp³-hybridized carbons (Fsp3) is 0.333. The second kappa shape index (κ2) is 3.75. The molecule has 1 aliphatic rings. The molecule has 0 radical (unpaired) electrons. The quantitative estimate of drug-likeness (QED) is 0.857. The summed E-state index contributed by atoms with van der Waals surface area (Å²) < 4.78 is 1.88. The van der Waals surface area contributed by atoms with Gasteiger partial charge in [0, 0.05) is 11.1 Å². The van der Waals surface area contributed by atoms with E-state index in [1.54, 1.807) is 6.20 Å². The molecule has 0 unspecified atom stereocenters. The SMILES string of the molecule is Nc1cc(Sc2nnnn2C2CC2)ccn1. The maximum Gasteiger partial charge on any atom is 0.214 e. The Hall–Kier alpha value is -1.63. The van der Waals surface area contributed by atoms with Gasteiger partial charge in [-0.3, -0.25) is 0 Å². The van der Waals surface area contributed by atoms with Crippen LogP contribution in [0.15, 0.2) is 28.4 Å². The standard InChI is InChI=1S/C9H10N6S/c10-8-5-7(3-4-11-8)16-9-12-13-14-15(9)6-1-2-6/h3-6H,1-2H2,(H2,10,11). The van der Waals surface area contributed by atoms with E-state index in [9.17, 15) is 0 Å². The summed E-state index contributed by atoms with van der Waals surface area (Å²) in [5, 5.41) is 12.5. The van der Waals surface area contributed by atoms with Gasteiger partial charge in [0.2, 0.25) is 5.16 Å². The first-order valence-corrected chi connectivity index (χ1v) is 5.82. The predicted molar refractivity (Wildman–Crippen MR) is 58.9 cm³/mol. The molecule has 1 saturated carbocycles. The zero-order valence-corrected chi connectivity index (χ0v) is 9.26. The summed E-state index contributed by atoms with van der Waals surface area (Å²) in [7, 11) is 0. The van der Waals surface area contributed by atoms with Crippen LogP contribution in [-0.2, 0) is 0 Å². The molecule has 2 N–H and O–H groups in total. The van der Waals surface area contributed by atoms with E-state index in [4.69, 9.17) is 5.73 Å². The van der Waals surface area contributed by atoms with E-state index in [0.717, 1.165) is 22.9 Å². The number of hydrogen-bond donors (Lipinski definition) is 1. The maximum atomic E-state index is 5.61. The van der Waals surface area contributed by atoms with E-state index in [1.807, 2.05) is 16.8 Å². The van der Waals surface area contributed by atoms with Gasteiger partial charge in [0.25, 0.3) is 0 Å². The van der Waals surface area contributed by atoms with Crippen molar-refractivity contribution in [3.8, 4) is 0 Å². The summed E-state index contributed by atoms with van der Waals surface area (Å²) in [6.45, 7) is 0. The molecule has 0 aromatic carbocycles. The van der Waals surface area contributed by atoms with Gasteiger partial charge in [0.1, 0.15) is 5.82 Å². The van der Waals surface area contributed by atoms with Crippen molar-refractivity contribution >= 4 is 17.6 Å². The third-order valence-corrected chi connectivity index (χ3v) is 3.26. The van der Waals surface area contributed by atoms with Crippen LogP contribution in [0.5, 0.6) is 0 Å². The van der Waals surface area contributed by atoms with Gasteiger partial charge in [-0.05, 0) is 47.2 Å². The summed E-state index contributed by atoms with van der Waals surface area (Å²) in [6, 6.07) is 4.19. The molecule has 2 aromatic rings. The molecule has 2 aromatic heterocycles. The predicted octanol–water partition coefficient (Wildman–Crippen LogP) is 1.14. The molecule has 0 amide bonds. The smallest absolute Gasteiger partial charge is 0.214 e. The zero-order valence-electron chi connectivity index (χ0n) is 8.45. The fourth-order valence-corrected chi connectivity index (χ4v) is 2.27. The summed E-state index contributed by atoms with van der Waals surface area (Å²) in [6.07, 6.45) is 4.01. The second-order valence-electron chi connectivity index (χ2n) is 3.66. The van der Waals surface area contributed by atoms with Gasteiger partial charge in [-0.15, -0.1) is 5.10 Å². The lowest BCUT2D eigenvalue weighted by Gasteiger charge is -2.02. The summed E-state index contributed by atoms with van der Waals surface area (Å²) in [4.78, 5) is 4.95. The van der Waals surface area contributed by atoms with Crippen molar-refractivity contribution in [3.63, 3.8) is 0 Å². The zero-order chi connectivity index (χ0) is 11.0. The first-order chi connectivity index (χ1) is 7.83. The van der Waals surface area contributed by atoms with E-state index in [2.05, 4.69) is 20.5 Å². The van der Waals surface area contributed by atoms with Crippen molar-refractivity contribution in [2.45, 2.75) is 28.9 Å². The Labute approximate surface area is 96.2 Å². The van der Waals surface area contributed by atoms with Gasteiger partial charge < -0.3 is 5.73 Å². The average Bonchev–Trinajstić information content (AvgIpc) is 3.00. The minimum absolute atomic E-state index is 0.483. The van der Waals surface area contributed by atoms with Gasteiger partial charge in [0.05, 0.1) is 6.04 Å². The van der Waals surface area contributed by atoms with Gasteiger partial charge in [-0.25, -0.2) is 9.67 Å². The van der Waals surface area contributed by atoms with Gasteiger partial charge in [0.15, 0.2) is 0 Å². The molecule has 6 nitrogen and oxygen atoms in total. The van der Waals surface area contributed by atoms with Crippen LogP contribution in [0.2, 0.25) is 0 Å². The van der Waals surface area contributed by atoms with E-state index >= 15 is 0 Å². The Morgan fingerprint density at radius 3 is 3.06 bits per heavy atom. The third-order valence-electron chi connectivity index (χ3n) is 2.32. The first kappa shape index (κ1) is 9.59. The summed E-state index contributed by atoms with van der Waals surface area (Å²) in [5.74, 6) is 0.510. The van der Waals surface area contributed by atoms with Crippen LogP contribution in [0.1, 0.15) is 18.9 Å². The molecular weight excluding hydrogens is 224 g/mol. The molecule has 0 atom stereocenters. The van der Waals surface area contributed by atoms with E-state index in [0.29, 0.717) is 11.9 Å². The number of nitrogens with two attached hydrogens (primary N) is 1. The lowest BCUT2D eigenvalue weighted by atomic mass is 10.5. The van der Waals surface area contributed by atoms with Crippen molar-refractivity contribution in [3.05, 3.63) is 18.3 Å². The number of nitrogen functional groups attached to an aromatic ring is 1. The number of rotatable bonds is 3. The number of pyridine rings is 1. The number of tetrazole rings is 1. The minimum atomic E-state index is 0.483. The Balaban J connectivity index is 1.85. The van der Waals surface area contributed by atoms with E-state index in [-0.39, 0.29) is 0 Å². The number of hydrogen-bond acceptors (Lipinski definition) is 6. The Kier molecular flexibility index (Phi) is 2.24. The maximum absolute atomic E-state index is 5.61. The Bertz CT molecular complexity index is 506. The largest absolute Gasteiger partial charge is 0.384 e. The molecule has 1 aliphatic carbocycles. The highest BCUT2D eigenvalue weighted by atomic mass is 32.2. The fourth-order valence-electron chi connectivity index (χ4n) is 1.40. The van der Waals surface area contributed by atoms with Crippen LogP contribution in [0.25, 0.3) is 0 Å². The summed E-state index contributed by atoms with van der Waals surface area (Å²) >= 11 is 1.51. The van der Waals surface area contributed by atoms with Crippen molar-refractivity contribution < 1.29 is 0 Å². The highest BCUT2D eigenvalue weighted by molar-refractivity contribution is 7.99. The molecule has 3 rings (SSSR count). The molecule has 2 heterocycles. The monoisotopic (exact) mass is 234 g/mol. The molecule has 82 valence electrons. The van der Waals surface area contributed by atoms with Crippen molar-refractivity contribution in [2.24, 2.45) is 0 Å². The average molecular weight is 234 g/mol. The van der Waals surface area contributed by atoms with Crippen LogP contribution in [0, 0.1) is 0 Å². The van der Waals surface area contributed by atoms with Crippen LogP contribution in [0.4, 0.5) is 5.82 Å². The molecule has 0 aliphatic heterocycles. The van der Waals surface area contributed by atoms with Crippen molar-refractivity contribution in [1.29, 1.82) is 0 Å². The molecule has 1 fully saturated rings. The highest BCUT2D eigenvalue weighted by Gasteiger charge is 2.28. The Morgan fingerprint density at radius 2 is 2.31 bits per heavy atom. The van der Waals surface area contributed by atoms with Gasteiger partial charge >= 0.3 is 0 Å². The van der Waals surface area contributed by atoms with Gasteiger partial charge in [-0.2, -0.15) is 0 Å². The van der Waals surface area contributed by atoms with E-state index in [1.165, 1.54) is 11.8 Å². The first-order valence-electron chi connectivity index (χ1n) is 5.00. The molecular formula is C9H10N6S. The van der Waals surface area contributed by atoms with Crippen LogP contribution in [0.3, 0.4) is 0 Å². The number of nitrogens with zero attached hydrogens (tertiary/aromatic N) is 5.